The number of hydrogen-bond donors (Lipinski definition) is 1. The van der Waals surface area contributed by atoms with Gasteiger partial charge in [-0.15, -0.1) is 0 Å². The average Bonchev–Trinajstić information content (AvgIpc) is 2.21. The molecule has 1 aliphatic rings. The molecule has 1 aromatic rings. The molecule has 0 fully saturated rings. The molecule has 1 heterocycles. The third kappa shape index (κ3) is 2.48. The first-order chi connectivity index (χ1) is 6.36. The van der Waals surface area contributed by atoms with Gasteiger partial charge in [0.2, 0.25) is 0 Å². The molecule has 1 atom stereocenters. The van der Waals surface area contributed by atoms with Crippen LogP contribution in [0.1, 0.15) is 32.8 Å². The molecule has 0 aliphatic carbocycles. The van der Waals surface area contributed by atoms with Crippen molar-refractivity contribution in [2.45, 2.75) is 39.7 Å². The van der Waals surface area contributed by atoms with Crippen LogP contribution in [-0.2, 0) is 6.42 Å². The lowest BCUT2D eigenvalue weighted by Gasteiger charge is -2.23. The molecular weight excluding hydrogens is 158 g/mol. The van der Waals surface area contributed by atoms with Crippen LogP contribution >= 0.6 is 0 Å². The summed E-state index contributed by atoms with van der Waals surface area (Å²) < 4.78 is 0. The van der Waals surface area contributed by atoms with E-state index in [0.29, 0.717) is 6.04 Å². The van der Waals surface area contributed by atoms with Crippen LogP contribution < -0.4 is 5.32 Å². The van der Waals surface area contributed by atoms with Crippen molar-refractivity contribution >= 4 is 5.69 Å². The lowest BCUT2D eigenvalue weighted by molar-refractivity contribution is 0.681. The Hall–Kier alpha value is -0.980. The van der Waals surface area contributed by atoms with Crippen molar-refractivity contribution in [2.75, 3.05) is 5.32 Å². The average molecular weight is 177 g/mol. The molecular formula is C12H19N. The van der Waals surface area contributed by atoms with Gasteiger partial charge in [-0.3, -0.25) is 0 Å². The Balaban J connectivity index is 0.000000396. The summed E-state index contributed by atoms with van der Waals surface area (Å²) in [6.07, 6.45) is 2.49. The van der Waals surface area contributed by atoms with Crippen LogP contribution in [0.5, 0.6) is 0 Å². The minimum absolute atomic E-state index is 0.643. The van der Waals surface area contributed by atoms with E-state index in [2.05, 4.69) is 36.5 Å². The molecule has 1 heteroatoms. The van der Waals surface area contributed by atoms with Crippen molar-refractivity contribution in [2.24, 2.45) is 0 Å². The van der Waals surface area contributed by atoms with Gasteiger partial charge >= 0.3 is 0 Å². The van der Waals surface area contributed by atoms with Crippen LogP contribution in [0.2, 0.25) is 0 Å². The van der Waals surface area contributed by atoms with Crippen molar-refractivity contribution in [3.8, 4) is 0 Å². The molecule has 1 nitrogen and oxygen atoms in total. The number of para-hydroxylation sites is 1. The lowest BCUT2D eigenvalue weighted by atomic mass is 9.99. The fourth-order valence-electron chi connectivity index (χ4n) is 1.59. The van der Waals surface area contributed by atoms with Gasteiger partial charge in [-0.25, -0.2) is 0 Å². The van der Waals surface area contributed by atoms with Gasteiger partial charge in [0.25, 0.3) is 0 Å². The van der Waals surface area contributed by atoms with Gasteiger partial charge in [-0.2, -0.15) is 0 Å². The summed E-state index contributed by atoms with van der Waals surface area (Å²) in [4.78, 5) is 0. The van der Waals surface area contributed by atoms with Crippen LogP contribution in [-0.4, -0.2) is 6.04 Å². The van der Waals surface area contributed by atoms with Gasteiger partial charge in [0, 0.05) is 11.7 Å². The van der Waals surface area contributed by atoms with E-state index in [0.717, 1.165) is 0 Å². The zero-order chi connectivity index (χ0) is 9.68. The van der Waals surface area contributed by atoms with Crippen LogP contribution in [0.3, 0.4) is 0 Å². The number of anilines is 1. The van der Waals surface area contributed by atoms with Gasteiger partial charge in [0.1, 0.15) is 0 Å². The Morgan fingerprint density at radius 1 is 1.23 bits per heavy atom. The zero-order valence-electron chi connectivity index (χ0n) is 8.80. The molecule has 13 heavy (non-hydrogen) atoms. The number of hydrogen-bond acceptors (Lipinski definition) is 1. The highest BCUT2D eigenvalue weighted by atomic mass is 14.9. The van der Waals surface area contributed by atoms with E-state index in [4.69, 9.17) is 0 Å². The molecule has 0 aromatic heterocycles. The second-order valence-electron chi connectivity index (χ2n) is 3.24. The minimum atomic E-state index is 0.643. The van der Waals surface area contributed by atoms with Gasteiger partial charge in [0.05, 0.1) is 0 Å². The van der Waals surface area contributed by atoms with Crippen molar-refractivity contribution in [3.63, 3.8) is 0 Å². The number of rotatable bonds is 0. The number of nitrogens with one attached hydrogen (secondary N) is 1. The Morgan fingerprint density at radius 3 is 2.69 bits per heavy atom. The summed E-state index contributed by atoms with van der Waals surface area (Å²) in [5.74, 6) is 0. The Bertz CT molecular complexity index is 255. The van der Waals surface area contributed by atoms with E-state index in [9.17, 15) is 0 Å². The summed E-state index contributed by atoms with van der Waals surface area (Å²) in [5, 5.41) is 3.46. The second-order valence-corrected chi connectivity index (χ2v) is 3.24. The quantitative estimate of drug-likeness (QED) is 0.640. The lowest BCUT2D eigenvalue weighted by Crippen LogP contribution is -2.21. The number of aryl methyl sites for hydroxylation is 1. The smallest absolute Gasteiger partial charge is 0.0374 e. The van der Waals surface area contributed by atoms with Gasteiger partial charge in [-0.1, -0.05) is 32.0 Å². The molecule has 0 bridgehead atoms. The highest BCUT2D eigenvalue weighted by Crippen LogP contribution is 2.23. The molecule has 2 rings (SSSR count). The van der Waals surface area contributed by atoms with Crippen LogP contribution in [0, 0.1) is 0 Å². The molecule has 0 amide bonds. The highest BCUT2D eigenvalue weighted by Gasteiger charge is 2.11. The normalized spacial score (nSPS) is 19.2. The first-order valence-corrected chi connectivity index (χ1v) is 5.21. The standard InChI is InChI=1S/C10H13N.C2H6/c1-8-6-7-9-4-2-3-5-10(9)11-8;1-2/h2-5,8,11H,6-7H2,1H3;1-2H3. The van der Waals surface area contributed by atoms with E-state index in [1.54, 1.807) is 0 Å². The molecule has 0 spiro atoms. The fraction of sp³-hybridized carbons (Fsp3) is 0.500. The van der Waals surface area contributed by atoms with E-state index in [-0.39, 0.29) is 0 Å². The molecule has 72 valence electrons. The molecule has 0 saturated carbocycles. The summed E-state index contributed by atoms with van der Waals surface area (Å²) >= 11 is 0. The van der Waals surface area contributed by atoms with Crippen molar-refractivity contribution < 1.29 is 0 Å². The molecule has 1 aromatic carbocycles. The Kier molecular flexibility index (Phi) is 3.81. The van der Waals surface area contributed by atoms with Gasteiger partial charge in [0.15, 0.2) is 0 Å². The maximum atomic E-state index is 3.46. The number of benzene rings is 1. The monoisotopic (exact) mass is 177 g/mol. The molecule has 0 radical (unpaired) electrons. The van der Waals surface area contributed by atoms with Crippen molar-refractivity contribution in [1.29, 1.82) is 0 Å². The molecule has 0 saturated heterocycles. The minimum Gasteiger partial charge on any atom is -0.382 e. The van der Waals surface area contributed by atoms with Crippen LogP contribution in [0.25, 0.3) is 0 Å². The maximum absolute atomic E-state index is 3.46. The van der Waals surface area contributed by atoms with Crippen molar-refractivity contribution in [1.82, 2.24) is 0 Å². The van der Waals surface area contributed by atoms with E-state index >= 15 is 0 Å². The third-order valence-corrected chi connectivity index (χ3v) is 2.27. The topological polar surface area (TPSA) is 12.0 Å². The van der Waals surface area contributed by atoms with Gasteiger partial charge < -0.3 is 5.32 Å². The van der Waals surface area contributed by atoms with Gasteiger partial charge in [-0.05, 0) is 31.4 Å². The summed E-state index contributed by atoms with van der Waals surface area (Å²) in [7, 11) is 0. The van der Waals surface area contributed by atoms with Crippen LogP contribution in [0.15, 0.2) is 24.3 Å². The molecule has 1 N–H and O–H groups in total. The van der Waals surface area contributed by atoms with Crippen LogP contribution in [0.4, 0.5) is 5.69 Å². The SMILES string of the molecule is CC.CC1CCc2ccccc2N1. The number of fused-ring (bicyclic) bond motifs is 1. The third-order valence-electron chi connectivity index (χ3n) is 2.27. The summed E-state index contributed by atoms with van der Waals surface area (Å²) in [6, 6.07) is 9.20. The van der Waals surface area contributed by atoms with E-state index < -0.39 is 0 Å². The first kappa shape index (κ1) is 10.1. The summed E-state index contributed by atoms with van der Waals surface area (Å²) in [5.41, 5.74) is 2.79. The predicted molar refractivity (Wildman–Crippen MR) is 59.2 cm³/mol. The predicted octanol–water partition coefficient (Wildman–Crippen LogP) is 3.46. The fourth-order valence-corrected chi connectivity index (χ4v) is 1.59. The Labute approximate surface area is 81.2 Å². The van der Waals surface area contributed by atoms with E-state index in [1.807, 2.05) is 13.8 Å². The molecule has 1 aliphatic heterocycles. The highest BCUT2D eigenvalue weighted by molar-refractivity contribution is 5.53. The summed E-state index contributed by atoms with van der Waals surface area (Å²) in [6.45, 7) is 6.23. The van der Waals surface area contributed by atoms with Crippen molar-refractivity contribution in [3.05, 3.63) is 29.8 Å². The second kappa shape index (κ2) is 4.90. The molecule has 1 unspecified atom stereocenters. The zero-order valence-corrected chi connectivity index (χ0v) is 8.80. The largest absolute Gasteiger partial charge is 0.382 e. The first-order valence-electron chi connectivity index (χ1n) is 5.21. The maximum Gasteiger partial charge on any atom is 0.0374 e. The van der Waals surface area contributed by atoms with E-state index in [1.165, 1.54) is 24.1 Å². The Morgan fingerprint density at radius 2 is 1.92 bits per heavy atom.